The molecule has 1 aromatic carbocycles. The van der Waals surface area contributed by atoms with Crippen molar-refractivity contribution in [2.24, 2.45) is 0 Å². The van der Waals surface area contributed by atoms with E-state index in [4.69, 9.17) is 11.6 Å². The van der Waals surface area contributed by atoms with Crippen LogP contribution < -0.4 is 10.0 Å². The third kappa shape index (κ3) is 4.67. The van der Waals surface area contributed by atoms with Crippen LogP contribution in [0.15, 0.2) is 24.3 Å². The molecule has 2 N–H and O–H groups in total. The van der Waals surface area contributed by atoms with Crippen molar-refractivity contribution in [3.63, 3.8) is 0 Å². The van der Waals surface area contributed by atoms with Crippen molar-refractivity contribution in [2.75, 3.05) is 12.8 Å². The number of hydrogen-bond donors (Lipinski definition) is 2. The van der Waals surface area contributed by atoms with Crippen LogP contribution in [0.2, 0.25) is 5.02 Å². The van der Waals surface area contributed by atoms with E-state index >= 15 is 0 Å². The van der Waals surface area contributed by atoms with Gasteiger partial charge in [-0.05, 0) is 30.5 Å². The van der Waals surface area contributed by atoms with E-state index < -0.39 is 16.4 Å². The average molecular weight is 398 g/mol. The van der Waals surface area contributed by atoms with Crippen LogP contribution in [0.25, 0.3) is 0 Å². The van der Waals surface area contributed by atoms with Crippen molar-refractivity contribution in [3.8, 4) is 0 Å². The zero-order valence-corrected chi connectivity index (χ0v) is 15.8. The Balaban J connectivity index is 1.59. The van der Waals surface area contributed by atoms with Gasteiger partial charge < -0.3 is 14.4 Å². The van der Waals surface area contributed by atoms with Crippen molar-refractivity contribution in [2.45, 2.75) is 31.8 Å². The highest BCUT2D eigenvalue weighted by Crippen LogP contribution is 2.26. The van der Waals surface area contributed by atoms with E-state index in [9.17, 15) is 13.6 Å². The van der Waals surface area contributed by atoms with Crippen molar-refractivity contribution < 1.29 is 13.6 Å². The Bertz CT molecular complexity index is 833. The van der Waals surface area contributed by atoms with Gasteiger partial charge in [0.1, 0.15) is 35.1 Å². The third-order valence-electron chi connectivity index (χ3n) is 4.21. The van der Waals surface area contributed by atoms with E-state index in [1.807, 2.05) is 24.3 Å². The zero-order valence-electron chi connectivity index (χ0n) is 14.3. The highest BCUT2D eigenvalue weighted by molar-refractivity contribution is 7.95. The summed E-state index contributed by atoms with van der Waals surface area (Å²) < 4.78 is 26.7. The molecule has 26 heavy (non-hydrogen) atoms. The number of halogens is 1. The number of amides is 1. The highest BCUT2D eigenvalue weighted by Gasteiger charge is 2.32. The van der Waals surface area contributed by atoms with Crippen LogP contribution in [0.4, 0.5) is 0 Å². The molecule has 0 radical (unpaired) electrons. The van der Waals surface area contributed by atoms with Gasteiger partial charge >= 0.3 is 0 Å². The second-order valence-electron chi connectivity index (χ2n) is 6.22. The number of aromatic nitrogens is 3. The number of nitrogens with zero attached hydrogens (tertiary/aromatic N) is 3. The summed E-state index contributed by atoms with van der Waals surface area (Å²) in [7, 11) is -3.34. The first-order valence-electron chi connectivity index (χ1n) is 8.23. The first-order valence-corrected chi connectivity index (χ1v) is 10.5. The van der Waals surface area contributed by atoms with Gasteiger partial charge in [-0.15, -0.1) is 14.9 Å². The Kier molecular flexibility index (Phi) is 5.71. The minimum Gasteiger partial charge on any atom is -0.598 e. The Morgan fingerprint density at radius 1 is 1.38 bits per heavy atom. The van der Waals surface area contributed by atoms with Crippen LogP contribution in [0, 0.1) is 0 Å². The Hall–Kier alpha value is -1.81. The predicted molar refractivity (Wildman–Crippen MR) is 97.1 cm³/mol. The van der Waals surface area contributed by atoms with Gasteiger partial charge in [-0.25, -0.2) is 0 Å². The molecule has 2 atom stereocenters. The van der Waals surface area contributed by atoms with Gasteiger partial charge in [0.2, 0.25) is 5.91 Å². The fourth-order valence-corrected chi connectivity index (χ4v) is 3.47. The quantitative estimate of drug-likeness (QED) is 0.678. The van der Waals surface area contributed by atoms with Gasteiger partial charge in [0.05, 0.1) is 0 Å². The Labute approximate surface area is 157 Å². The van der Waals surface area contributed by atoms with Gasteiger partial charge in [0, 0.05) is 18.0 Å². The maximum Gasteiger partial charge on any atom is 0.243 e. The minimum atomic E-state index is -3.34. The van der Waals surface area contributed by atoms with Crippen LogP contribution in [0.1, 0.15) is 29.7 Å². The molecule has 140 valence electrons. The number of sulfonamides is 1. The molecule has 0 spiro atoms. The van der Waals surface area contributed by atoms with Gasteiger partial charge in [-0.1, -0.05) is 27.9 Å². The van der Waals surface area contributed by atoms with E-state index in [1.165, 1.54) is 0 Å². The predicted octanol–water partition coefficient (Wildman–Crippen LogP) is 1.04. The summed E-state index contributed by atoms with van der Waals surface area (Å²) in [5.41, 5.74) is 1.09. The molecule has 10 heteroatoms. The zero-order chi connectivity index (χ0) is 18.7. The SMILES string of the molecule is C[S+](=O)([O-])NCc1nnc2n1C(C(=O)NCCc1ccc(Cl)cc1)CC2. The molecular formula is C16H20ClN5O3S. The van der Waals surface area contributed by atoms with Crippen LogP contribution in [-0.4, -0.2) is 38.0 Å². The maximum absolute atomic E-state index is 12.6. The number of benzene rings is 1. The summed E-state index contributed by atoms with van der Waals surface area (Å²) in [4.78, 5) is 12.6. The third-order valence-corrected chi connectivity index (χ3v) is 5.13. The van der Waals surface area contributed by atoms with Gasteiger partial charge in [-0.3, -0.25) is 4.79 Å². The Morgan fingerprint density at radius 2 is 2.12 bits per heavy atom. The smallest absolute Gasteiger partial charge is 0.243 e. The fraction of sp³-hybridized carbons (Fsp3) is 0.438. The molecule has 0 saturated heterocycles. The molecule has 2 unspecified atom stereocenters. The number of rotatable bonds is 7. The first kappa shape index (κ1) is 19.0. The molecule has 0 fully saturated rings. The summed E-state index contributed by atoms with van der Waals surface area (Å²) in [6.07, 6.45) is 3.05. The number of hydrogen-bond acceptors (Lipinski definition) is 5. The van der Waals surface area contributed by atoms with E-state index in [0.29, 0.717) is 42.5 Å². The highest BCUT2D eigenvalue weighted by atomic mass is 35.5. The van der Waals surface area contributed by atoms with Crippen LogP contribution in [0.3, 0.4) is 0 Å². The second-order valence-corrected chi connectivity index (χ2v) is 8.49. The van der Waals surface area contributed by atoms with Gasteiger partial charge in [0.25, 0.3) is 0 Å². The standard InChI is InChI=1S/C16H20ClN5O3S/c1-26(24,25)19-10-15-21-20-14-7-6-13(22(14)15)16(23)18-9-8-11-2-4-12(17)5-3-11/h2-5,13H,6-10H2,1H3,(H2-,18,19,23,24,25). The number of nitrogens with one attached hydrogen (secondary N) is 2. The monoisotopic (exact) mass is 397 g/mol. The van der Waals surface area contributed by atoms with Crippen molar-refractivity contribution in [3.05, 3.63) is 46.5 Å². The summed E-state index contributed by atoms with van der Waals surface area (Å²) >= 11 is 5.86. The molecule has 2 aromatic rings. The van der Waals surface area contributed by atoms with Gasteiger partial charge in [-0.2, -0.15) is 0 Å². The van der Waals surface area contributed by atoms with Gasteiger partial charge in [0.15, 0.2) is 5.82 Å². The molecule has 3 rings (SSSR count). The molecule has 1 amide bonds. The second kappa shape index (κ2) is 7.83. The lowest BCUT2D eigenvalue weighted by Crippen LogP contribution is -2.34. The largest absolute Gasteiger partial charge is 0.598 e. The summed E-state index contributed by atoms with van der Waals surface area (Å²) in [6.45, 7) is 0.520. The maximum atomic E-state index is 12.6. The van der Waals surface area contributed by atoms with E-state index in [0.717, 1.165) is 11.8 Å². The molecule has 8 nitrogen and oxygen atoms in total. The van der Waals surface area contributed by atoms with Crippen molar-refractivity contribution >= 4 is 27.9 Å². The van der Waals surface area contributed by atoms with E-state index in [2.05, 4.69) is 20.2 Å². The average Bonchev–Trinajstić information content (AvgIpc) is 3.16. The number of fused-ring (bicyclic) bond motifs is 1. The molecule has 2 heterocycles. The molecule has 1 aromatic heterocycles. The summed E-state index contributed by atoms with van der Waals surface area (Å²) in [6, 6.07) is 7.08. The number of carbonyl (C=O) groups excluding carboxylic acids is 1. The summed E-state index contributed by atoms with van der Waals surface area (Å²) in [5, 5.41) is 11.7. The fourth-order valence-electron chi connectivity index (χ4n) is 2.95. The molecule has 1 aliphatic heterocycles. The van der Waals surface area contributed by atoms with E-state index in [1.54, 1.807) is 4.57 Å². The Morgan fingerprint density at radius 3 is 2.81 bits per heavy atom. The molecular weight excluding hydrogens is 378 g/mol. The number of carbonyl (C=O) groups is 1. The van der Waals surface area contributed by atoms with Crippen molar-refractivity contribution in [1.82, 2.24) is 24.8 Å². The first-order chi connectivity index (χ1) is 12.3. The topological polar surface area (TPSA) is 112 Å². The molecule has 0 aliphatic carbocycles. The van der Waals surface area contributed by atoms with Crippen LogP contribution >= 0.6 is 11.6 Å². The molecule has 0 bridgehead atoms. The normalized spacial score (nSPS) is 18.3. The summed E-state index contributed by atoms with van der Waals surface area (Å²) in [5.74, 6) is 1.03. The van der Waals surface area contributed by atoms with Crippen molar-refractivity contribution in [1.29, 1.82) is 0 Å². The lowest BCUT2D eigenvalue weighted by atomic mass is 10.1. The lowest BCUT2D eigenvalue weighted by molar-refractivity contribution is -0.124. The minimum absolute atomic E-state index is 0.0143. The number of aryl methyl sites for hydroxylation is 1. The molecule has 0 saturated carbocycles. The van der Waals surface area contributed by atoms with Crippen LogP contribution in [-0.2, 0) is 38.8 Å². The molecule has 1 aliphatic rings. The van der Waals surface area contributed by atoms with E-state index in [-0.39, 0.29) is 12.5 Å². The lowest BCUT2D eigenvalue weighted by Gasteiger charge is -2.16. The van der Waals surface area contributed by atoms with Crippen LogP contribution in [0.5, 0.6) is 0 Å².